The Morgan fingerprint density at radius 2 is 2.55 bits per heavy atom. The highest BCUT2D eigenvalue weighted by molar-refractivity contribution is 5.64. The van der Waals surface area contributed by atoms with Gasteiger partial charge in [0.1, 0.15) is 5.82 Å². The van der Waals surface area contributed by atoms with Crippen LogP contribution in [-0.2, 0) is 0 Å². The molecule has 0 unspecified atom stereocenters. The van der Waals surface area contributed by atoms with Gasteiger partial charge in [0.05, 0.1) is 11.9 Å². The highest BCUT2D eigenvalue weighted by Gasteiger charge is 2.12. The first kappa shape index (κ1) is 6.52. The summed E-state index contributed by atoms with van der Waals surface area (Å²) < 4.78 is 0. The van der Waals surface area contributed by atoms with Crippen LogP contribution in [0.1, 0.15) is 6.42 Å². The molecular weight excluding hydrogens is 140 g/mol. The first-order chi connectivity index (χ1) is 5.38. The minimum absolute atomic E-state index is 1.04. The Bertz CT molecular complexity index is 242. The zero-order valence-electron chi connectivity index (χ0n) is 6.59. The molecule has 4 nitrogen and oxygen atoms in total. The van der Waals surface area contributed by atoms with Gasteiger partial charge < -0.3 is 10.2 Å². The lowest BCUT2D eigenvalue weighted by Gasteiger charge is -2.13. The van der Waals surface area contributed by atoms with Gasteiger partial charge in [-0.05, 0) is 6.42 Å². The summed E-state index contributed by atoms with van der Waals surface area (Å²) in [5, 5.41) is 10.2. The van der Waals surface area contributed by atoms with E-state index in [-0.39, 0.29) is 0 Å². The molecular formula is C7H12N4. The van der Waals surface area contributed by atoms with E-state index in [1.165, 1.54) is 6.42 Å². The van der Waals surface area contributed by atoms with E-state index in [9.17, 15) is 0 Å². The lowest BCUT2D eigenvalue weighted by atomic mass is 10.4. The van der Waals surface area contributed by atoms with Crippen LogP contribution < -0.4 is 10.2 Å². The average Bonchev–Trinajstić information content (AvgIpc) is 2.40. The number of nitrogens with zero attached hydrogens (tertiary/aromatic N) is 2. The molecule has 0 bridgehead atoms. The third-order valence-corrected chi connectivity index (χ3v) is 1.99. The molecule has 1 aromatic heterocycles. The summed E-state index contributed by atoms with van der Waals surface area (Å²) in [6, 6.07) is 0. The molecule has 11 heavy (non-hydrogen) atoms. The summed E-state index contributed by atoms with van der Waals surface area (Å²) in [6.45, 7) is 2.12. The minimum Gasteiger partial charge on any atom is -0.381 e. The van der Waals surface area contributed by atoms with Gasteiger partial charge in [0.15, 0.2) is 0 Å². The lowest BCUT2D eigenvalue weighted by Crippen LogP contribution is -2.17. The van der Waals surface area contributed by atoms with E-state index in [1.54, 1.807) is 0 Å². The highest BCUT2D eigenvalue weighted by Crippen LogP contribution is 2.23. The van der Waals surface area contributed by atoms with Gasteiger partial charge in [-0.25, -0.2) is 0 Å². The van der Waals surface area contributed by atoms with E-state index >= 15 is 0 Å². The minimum atomic E-state index is 1.04. The first-order valence-corrected chi connectivity index (χ1v) is 3.86. The maximum Gasteiger partial charge on any atom is 0.147 e. The quantitative estimate of drug-likeness (QED) is 0.574. The Morgan fingerprint density at radius 3 is 3.45 bits per heavy atom. The van der Waals surface area contributed by atoms with E-state index in [0.29, 0.717) is 0 Å². The van der Waals surface area contributed by atoms with Gasteiger partial charge in [0.25, 0.3) is 0 Å². The average molecular weight is 152 g/mol. The van der Waals surface area contributed by atoms with Crippen molar-refractivity contribution in [2.45, 2.75) is 6.42 Å². The highest BCUT2D eigenvalue weighted by atomic mass is 15.3. The second-order valence-corrected chi connectivity index (χ2v) is 2.83. The van der Waals surface area contributed by atoms with Crippen LogP contribution in [0.2, 0.25) is 0 Å². The second-order valence-electron chi connectivity index (χ2n) is 2.83. The topological polar surface area (TPSA) is 44.0 Å². The number of hydrogen-bond donors (Lipinski definition) is 2. The van der Waals surface area contributed by atoms with Crippen molar-refractivity contribution in [2.24, 2.45) is 0 Å². The predicted octanol–water partition coefficient (Wildman–Crippen LogP) is 0.661. The molecule has 4 heteroatoms. The van der Waals surface area contributed by atoms with E-state index in [4.69, 9.17) is 0 Å². The molecule has 2 N–H and O–H groups in total. The van der Waals surface area contributed by atoms with Crippen LogP contribution in [0.5, 0.6) is 0 Å². The van der Waals surface area contributed by atoms with Gasteiger partial charge in [-0.15, -0.1) is 0 Å². The Kier molecular flexibility index (Phi) is 1.45. The Labute approximate surface area is 65.6 Å². The summed E-state index contributed by atoms with van der Waals surface area (Å²) in [6.07, 6.45) is 3.01. The number of rotatable bonds is 0. The molecule has 60 valence electrons. The maximum atomic E-state index is 3.97. The fourth-order valence-corrected chi connectivity index (χ4v) is 1.35. The summed E-state index contributed by atoms with van der Waals surface area (Å²) in [7, 11) is 2.07. The fraction of sp³-hybridized carbons (Fsp3) is 0.571. The van der Waals surface area contributed by atoms with Crippen LogP contribution in [0, 0.1) is 0 Å². The van der Waals surface area contributed by atoms with Crippen molar-refractivity contribution in [3.05, 3.63) is 6.20 Å². The summed E-state index contributed by atoms with van der Waals surface area (Å²) in [4.78, 5) is 2.18. The molecule has 1 aliphatic rings. The van der Waals surface area contributed by atoms with Gasteiger partial charge >= 0.3 is 0 Å². The van der Waals surface area contributed by atoms with E-state index in [2.05, 4.69) is 27.5 Å². The molecule has 1 aliphatic heterocycles. The monoisotopic (exact) mass is 152 g/mol. The van der Waals surface area contributed by atoms with Crippen LogP contribution in [0.3, 0.4) is 0 Å². The number of H-pyrrole nitrogens is 1. The van der Waals surface area contributed by atoms with Crippen molar-refractivity contribution >= 4 is 11.5 Å². The molecule has 1 aromatic rings. The molecule has 0 radical (unpaired) electrons. The molecule has 0 amide bonds. The number of fused-ring (bicyclic) bond motifs is 1. The van der Waals surface area contributed by atoms with E-state index < -0.39 is 0 Å². The van der Waals surface area contributed by atoms with Crippen molar-refractivity contribution < 1.29 is 0 Å². The normalized spacial score (nSPS) is 17.0. The van der Waals surface area contributed by atoms with Crippen molar-refractivity contribution in [1.29, 1.82) is 0 Å². The smallest absolute Gasteiger partial charge is 0.147 e. The van der Waals surface area contributed by atoms with Crippen LogP contribution in [-0.4, -0.2) is 30.3 Å². The molecule has 2 heterocycles. The zero-order valence-corrected chi connectivity index (χ0v) is 6.59. The van der Waals surface area contributed by atoms with E-state index in [0.717, 1.165) is 24.6 Å². The Morgan fingerprint density at radius 1 is 1.64 bits per heavy atom. The standard InChI is InChI=1S/C7H12N4/c1-11-4-2-3-8-6-5-9-10-7(6)11/h5,8H,2-4H2,1H3,(H,9,10). The Balaban J connectivity index is 2.34. The predicted molar refractivity (Wildman–Crippen MR) is 45.0 cm³/mol. The number of anilines is 2. The number of nitrogens with one attached hydrogen (secondary N) is 2. The largest absolute Gasteiger partial charge is 0.381 e. The van der Waals surface area contributed by atoms with Gasteiger partial charge in [0, 0.05) is 20.1 Å². The van der Waals surface area contributed by atoms with Crippen molar-refractivity contribution in [3.8, 4) is 0 Å². The van der Waals surface area contributed by atoms with Gasteiger partial charge in [-0.2, -0.15) is 5.10 Å². The van der Waals surface area contributed by atoms with E-state index in [1.807, 2.05) is 6.20 Å². The number of hydrogen-bond acceptors (Lipinski definition) is 3. The van der Waals surface area contributed by atoms with Crippen LogP contribution >= 0.6 is 0 Å². The summed E-state index contributed by atoms with van der Waals surface area (Å²) in [5.74, 6) is 1.10. The molecule has 0 aromatic carbocycles. The second kappa shape index (κ2) is 2.45. The molecule has 2 rings (SSSR count). The lowest BCUT2D eigenvalue weighted by molar-refractivity contribution is 0.820. The number of aromatic amines is 1. The van der Waals surface area contributed by atoms with Crippen LogP contribution in [0.25, 0.3) is 0 Å². The van der Waals surface area contributed by atoms with Crippen molar-refractivity contribution in [3.63, 3.8) is 0 Å². The van der Waals surface area contributed by atoms with Gasteiger partial charge in [-0.3, -0.25) is 5.10 Å². The van der Waals surface area contributed by atoms with Crippen molar-refractivity contribution in [1.82, 2.24) is 10.2 Å². The third-order valence-electron chi connectivity index (χ3n) is 1.99. The molecule has 0 spiro atoms. The third kappa shape index (κ3) is 1.04. The molecule has 0 aliphatic carbocycles. The van der Waals surface area contributed by atoms with Gasteiger partial charge in [-0.1, -0.05) is 0 Å². The summed E-state index contributed by atoms with van der Waals surface area (Å²) >= 11 is 0. The first-order valence-electron chi connectivity index (χ1n) is 3.86. The Hall–Kier alpha value is -1.19. The number of aromatic nitrogens is 2. The zero-order chi connectivity index (χ0) is 7.68. The molecule has 0 saturated heterocycles. The molecule has 0 saturated carbocycles. The molecule has 0 atom stereocenters. The maximum absolute atomic E-state index is 3.97. The summed E-state index contributed by atoms with van der Waals surface area (Å²) in [5.41, 5.74) is 1.12. The fourth-order valence-electron chi connectivity index (χ4n) is 1.35. The van der Waals surface area contributed by atoms with Crippen LogP contribution in [0.15, 0.2) is 6.20 Å². The van der Waals surface area contributed by atoms with Crippen LogP contribution in [0.4, 0.5) is 11.5 Å². The van der Waals surface area contributed by atoms with Gasteiger partial charge in [0.2, 0.25) is 0 Å². The SMILES string of the molecule is CN1CCCNc2cn[nH]c21. The molecule has 0 fully saturated rings. The van der Waals surface area contributed by atoms with Crippen molar-refractivity contribution in [2.75, 3.05) is 30.4 Å².